The molecule has 0 rings (SSSR count). The Morgan fingerprint density at radius 1 is 1.24 bits per heavy atom. The van der Waals surface area contributed by atoms with Crippen molar-refractivity contribution in [3.8, 4) is 6.07 Å². The highest BCUT2D eigenvalue weighted by Crippen LogP contribution is 2.23. The van der Waals surface area contributed by atoms with E-state index in [-0.39, 0.29) is 0 Å². The van der Waals surface area contributed by atoms with Crippen LogP contribution in [0.1, 0.15) is 20.8 Å². The molecule has 88 valence electrons. The van der Waals surface area contributed by atoms with Gasteiger partial charge < -0.3 is 0 Å². The highest BCUT2D eigenvalue weighted by atomic mass is 14.3. The van der Waals surface area contributed by atoms with Gasteiger partial charge in [-0.1, -0.05) is 49.6 Å². The monoisotopic (exact) mass is 225 g/mol. The molecule has 0 aromatic heterocycles. The molecule has 0 amide bonds. The van der Waals surface area contributed by atoms with Gasteiger partial charge in [-0.15, -0.1) is 0 Å². The van der Waals surface area contributed by atoms with Crippen LogP contribution >= 0.6 is 0 Å². The van der Waals surface area contributed by atoms with E-state index in [2.05, 4.69) is 25.8 Å². The molecule has 0 N–H and O–H groups in total. The van der Waals surface area contributed by atoms with Crippen molar-refractivity contribution in [3.05, 3.63) is 71.9 Å². The summed E-state index contributed by atoms with van der Waals surface area (Å²) in [5.41, 5.74) is 3.98. The summed E-state index contributed by atoms with van der Waals surface area (Å²) >= 11 is 0. The maximum atomic E-state index is 9.20. The van der Waals surface area contributed by atoms with Crippen molar-refractivity contribution in [3.63, 3.8) is 0 Å². The average Bonchev–Trinajstić information content (AvgIpc) is 2.35. The van der Waals surface area contributed by atoms with Crippen molar-refractivity contribution in [2.24, 2.45) is 0 Å². The molecular formula is C16H19N. The smallest absolute Gasteiger partial charge is 0.100 e. The standard InChI is InChI=1S/C16H19N/c1-7-9-10-13(4)15(6)16(11-17)14(5)12(3)8-2/h7-10H,1,4,6H2,2-3,5H3/b10-9-,12-8+,16-14+. The molecule has 0 aliphatic rings. The molecule has 0 spiro atoms. The number of hydrogen-bond donors (Lipinski definition) is 0. The Hall–Kier alpha value is -2.07. The van der Waals surface area contributed by atoms with E-state index in [9.17, 15) is 5.26 Å². The second-order valence-electron chi connectivity index (χ2n) is 3.68. The van der Waals surface area contributed by atoms with Crippen molar-refractivity contribution >= 4 is 0 Å². The number of allylic oxidation sites excluding steroid dienone is 9. The Bertz CT molecular complexity index is 462. The molecule has 0 fully saturated rings. The highest BCUT2D eigenvalue weighted by molar-refractivity contribution is 5.59. The summed E-state index contributed by atoms with van der Waals surface area (Å²) in [7, 11) is 0. The van der Waals surface area contributed by atoms with Crippen LogP contribution < -0.4 is 0 Å². The Morgan fingerprint density at radius 3 is 2.24 bits per heavy atom. The lowest BCUT2D eigenvalue weighted by atomic mass is 9.94. The van der Waals surface area contributed by atoms with Crippen LogP contribution in [0, 0.1) is 11.3 Å². The lowest BCUT2D eigenvalue weighted by Crippen LogP contribution is -1.93. The van der Waals surface area contributed by atoms with Crippen LogP contribution in [0.4, 0.5) is 0 Å². The maximum Gasteiger partial charge on any atom is 0.100 e. The molecule has 1 heteroatoms. The van der Waals surface area contributed by atoms with Crippen molar-refractivity contribution < 1.29 is 0 Å². The van der Waals surface area contributed by atoms with Crippen molar-refractivity contribution in [1.82, 2.24) is 0 Å². The van der Waals surface area contributed by atoms with Gasteiger partial charge in [0.25, 0.3) is 0 Å². The minimum absolute atomic E-state index is 0.583. The van der Waals surface area contributed by atoms with Gasteiger partial charge in [0, 0.05) is 0 Å². The molecule has 0 aliphatic carbocycles. The summed E-state index contributed by atoms with van der Waals surface area (Å²) in [6.45, 7) is 17.2. The molecule has 1 nitrogen and oxygen atoms in total. The number of nitriles is 1. The second kappa shape index (κ2) is 7.24. The van der Waals surface area contributed by atoms with Gasteiger partial charge in [0.2, 0.25) is 0 Å². The van der Waals surface area contributed by atoms with Gasteiger partial charge in [-0.05, 0) is 37.5 Å². The predicted octanol–water partition coefficient (Wildman–Crippen LogP) is 4.65. The van der Waals surface area contributed by atoms with Gasteiger partial charge in [0.15, 0.2) is 0 Å². The topological polar surface area (TPSA) is 23.8 Å². The molecule has 0 aromatic rings. The molecule has 0 saturated carbocycles. The number of hydrogen-bond acceptors (Lipinski definition) is 1. The van der Waals surface area contributed by atoms with E-state index in [0.29, 0.717) is 11.1 Å². The van der Waals surface area contributed by atoms with Crippen molar-refractivity contribution in [2.45, 2.75) is 20.8 Å². The third kappa shape index (κ3) is 4.12. The minimum atomic E-state index is 0.583. The average molecular weight is 225 g/mol. The first-order chi connectivity index (χ1) is 7.99. The fourth-order valence-corrected chi connectivity index (χ4v) is 1.24. The van der Waals surface area contributed by atoms with Gasteiger partial charge >= 0.3 is 0 Å². The maximum absolute atomic E-state index is 9.20. The fraction of sp³-hybridized carbons (Fsp3) is 0.188. The Morgan fingerprint density at radius 2 is 1.82 bits per heavy atom. The lowest BCUT2D eigenvalue weighted by molar-refractivity contribution is 1.27. The molecule has 17 heavy (non-hydrogen) atoms. The van der Waals surface area contributed by atoms with E-state index in [1.165, 1.54) is 0 Å². The molecule has 0 aliphatic heterocycles. The summed E-state index contributed by atoms with van der Waals surface area (Å²) in [6, 6.07) is 2.19. The van der Waals surface area contributed by atoms with E-state index in [1.807, 2.05) is 26.8 Å². The molecule has 0 heterocycles. The van der Waals surface area contributed by atoms with Gasteiger partial charge in [-0.25, -0.2) is 0 Å². The van der Waals surface area contributed by atoms with E-state index in [1.54, 1.807) is 18.2 Å². The Labute approximate surface area is 104 Å². The van der Waals surface area contributed by atoms with Gasteiger partial charge in [-0.3, -0.25) is 0 Å². The van der Waals surface area contributed by atoms with E-state index in [0.717, 1.165) is 16.7 Å². The van der Waals surface area contributed by atoms with Crippen LogP contribution in [-0.4, -0.2) is 0 Å². The number of rotatable bonds is 5. The molecule has 0 atom stereocenters. The molecule has 0 radical (unpaired) electrons. The zero-order valence-corrected chi connectivity index (χ0v) is 10.9. The van der Waals surface area contributed by atoms with E-state index < -0.39 is 0 Å². The Kier molecular flexibility index (Phi) is 6.36. The summed E-state index contributed by atoms with van der Waals surface area (Å²) < 4.78 is 0. The summed E-state index contributed by atoms with van der Waals surface area (Å²) in [4.78, 5) is 0. The SMILES string of the molecule is C=C/C=C\C(=C)C(=C)/C(C#N)=C(C)/C(C)=C/C. The highest BCUT2D eigenvalue weighted by Gasteiger charge is 2.08. The normalized spacial score (nSPS) is 12.9. The van der Waals surface area contributed by atoms with Crippen LogP contribution in [0.5, 0.6) is 0 Å². The van der Waals surface area contributed by atoms with Gasteiger partial charge in [-0.2, -0.15) is 5.26 Å². The van der Waals surface area contributed by atoms with Crippen LogP contribution in [0.25, 0.3) is 0 Å². The predicted molar refractivity (Wildman–Crippen MR) is 75.4 cm³/mol. The first-order valence-corrected chi connectivity index (χ1v) is 5.41. The van der Waals surface area contributed by atoms with E-state index in [4.69, 9.17) is 0 Å². The first-order valence-electron chi connectivity index (χ1n) is 5.41. The summed E-state index contributed by atoms with van der Waals surface area (Å²) in [6.07, 6.45) is 7.21. The zero-order valence-electron chi connectivity index (χ0n) is 10.9. The quantitative estimate of drug-likeness (QED) is 0.493. The Balaban J connectivity index is 5.39. The lowest BCUT2D eigenvalue weighted by Gasteiger charge is -2.09. The van der Waals surface area contributed by atoms with Crippen LogP contribution in [0.2, 0.25) is 0 Å². The van der Waals surface area contributed by atoms with Gasteiger partial charge in [0.1, 0.15) is 6.07 Å². The zero-order chi connectivity index (χ0) is 13.4. The number of nitrogens with zero attached hydrogens (tertiary/aromatic N) is 1. The fourth-order valence-electron chi connectivity index (χ4n) is 1.24. The summed E-state index contributed by atoms with van der Waals surface area (Å²) in [5.74, 6) is 0. The third-order valence-electron chi connectivity index (χ3n) is 2.63. The molecular weight excluding hydrogens is 206 g/mol. The largest absolute Gasteiger partial charge is 0.192 e. The van der Waals surface area contributed by atoms with E-state index >= 15 is 0 Å². The van der Waals surface area contributed by atoms with Crippen LogP contribution in [-0.2, 0) is 0 Å². The van der Waals surface area contributed by atoms with Gasteiger partial charge in [0.05, 0.1) is 5.57 Å². The first kappa shape index (κ1) is 14.9. The second-order valence-corrected chi connectivity index (χ2v) is 3.68. The van der Waals surface area contributed by atoms with Crippen LogP contribution in [0.3, 0.4) is 0 Å². The van der Waals surface area contributed by atoms with Crippen molar-refractivity contribution in [1.29, 1.82) is 5.26 Å². The molecule has 0 unspecified atom stereocenters. The summed E-state index contributed by atoms with van der Waals surface area (Å²) in [5, 5.41) is 9.20. The van der Waals surface area contributed by atoms with Crippen LogP contribution in [0.15, 0.2) is 71.9 Å². The van der Waals surface area contributed by atoms with Crippen molar-refractivity contribution in [2.75, 3.05) is 0 Å². The molecule has 0 bridgehead atoms. The molecule has 0 saturated heterocycles. The third-order valence-corrected chi connectivity index (χ3v) is 2.63. The molecule has 0 aromatic carbocycles. The minimum Gasteiger partial charge on any atom is -0.192 e.